The van der Waals surface area contributed by atoms with E-state index in [0.29, 0.717) is 12.0 Å². The number of carboxylic acid groups (broad SMARTS) is 1. The van der Waals surface area contributed by atoms with Crippen LogP contribution in [0.2, 0.25) is 0 Å². The van der Waals surface area contributed by atoms with Gasteiger partial charge in [-0.1, -0.05) is 12.1 Å². The summed E-state index contributed by atoms with van der Waals surface area (Å²) < 4.78 is 7.12. The molecule has 0 spiro atoms. The average molecular weight is 323 g/mol. The van der Waals surface area contributed by atoms with Crippen LogP contribution in [0.25, 0.3) is 5.69 Å². The van der Waals surface area contributed by atoms with E-state index in [2.05, 4.69) is 10.1 Å². The topological polar surface area (TPSA) is 77.2 Å². The van der Waals surface area contributed by atoms with Crippen LogP contribution in [-0.2, 0) is 6.42 Å². The van der Waals surface area contributed by atoms with E-state index in [1.54, 1.807) is 18.0 Å². The molecule has 0 fully saturated rings. The molecule has 6 nitrogen and oxygen atoms in total. The molecular formula is C18H17N3O3. The summed E-state index contributed by atoms with van der Waals surface area (Å²) in [5.41, 5.74) is 3.49. The smallest absolute Gasteiger partial charge is 0.336 e. The normalized spacial score (nSPS) is 10.6. The van der Waals surface area contributed by atoms with Gasteiger partial charge in [-0.05, 0) is 36.2 Å². The summed E-state index contributed by atoms with van der Waals surface area (Å²) in [7, 11) is 1.62. The maximum absolute atomic E-state index is 11.3. The highest BCUT2D eigenvalue weighted by molar-refractivity contribution is 5.89. The lowest BCUT2D eigenvalue weighted by Crippen LogP contribution is -2.05. The highest BCUT2D eigenvalue weighted by atomic mass is 16.5. The number of hydrogen-bond acceptors (Lipinski definition) is 4. The Labute approximate surface area is 139 Å². The molecule has 3 aromatic rings. The van der Waals surface area contributed by atoms with E-state index in [1.807, 2.05) is 37.4 Å². The van der Waals surface area contributed by atoms with Gasteiger partial charge in [0.05, 0.1) is 18.4 Å². The van der Waals surface area contributed by atoms with E-state index in [-0.39, 0.29) is 5.56 Å². The van der Waals surface area contributed by atoms with Crippen molar-refractivity contribution in [3.8, 4) is 11.4 Å². The van der Waals surface area contributed by atoms with Crippen LogP contribution in [0.15, 0.2) is 48.9 Å². The number of rotatable bonds is 5. The first-order valence-electron chi connectivity index (χ1n) is 7.45. The zero-order chi connectivity index (χ0) is 17.1. The van der Waals surface area contributed by atoms with E-state index in [9.17, 15) is 9.90 Å². The molecule has 0 saturated carbocycles. The van der Waals surface area contributed by atoms with Crippen LogP contribution < -0.4 is 4.74 Å². The van der Waals surface area contributed by atoms with Crippen molar-refractivity contribution in [3.05, 3.63) is 71.3 Å². The van der Waals surface area contributed by atoms with Crippen LogP contribution in [0.5, 0.6) is 5.75 Å². The van der Waals surface area contributed by atoms with Gasteiger partial charge in [0.25, 0.3) is 0 Å². The zero-order valence-corrected chi connectivity index (χ0v) is 13.4. The molecule has 0 bridgehead atoms. The van der Waals surface area contributed by atoms with E-state index in [4.69, 9.17) is 4.74 Å². The monoisotopic (exact) mass is 323 g/mol. The number of hydrogen-bond donors (Lipinski definition) is 1. The van der Waals surface area contributed by atoms with E-state index < -0.39 is 5.97 Å². The molecule has 0 atom stereocenters. The van der Waals surface area contributed by atoms with E-state index >= 15 is 0 Å². The SMILES string of the molecule is COc1ccccc1-n1cc(C)c(Cc2cnccc2C(=O)O)n1. The standard InChI is InChI=1S/C18H17N3O3/c1-12-11-21(16-5-3-4-6-17(16)24-2)20-15(12)9-13-10-19-8-7-14(13)18(22)23/h3-8,10-11H,9H2,1-2H3,(H,22,23). The molecule has 3 rings (SSSR count). The molecule has 24 heavy (non-hydrogen) atoms. The fraction of sp³-hybridized carbons (Fsp3) is 0.167. The van der Waals surface area contributed by atoms with Crippen molar-refractivity contribution >= 4 is 5.97 Å². The number of methoxy groups -OCH3 is 1. The van der Waals surface area contributed by atoms with Gasteiger partial charge < -0.3 is 9.84 Å². The Hall–Kier alpha value is -3.15. The van der Waals surface area contributed by atoms with Crippen molar-refractivity contribution in [2.75, 3.05) is 7.11 Å². The second-order valence-electron chi connectivity index (χ2n) is 5.39. The van der Waals surface area contributed by atoms with Gasteiger partial charge in [-0.15, -0.1) is 0 Å². The lowest BCUT2D eigenvalue weighted by atomic mass is 10.0. The fourth-order valence-electron chi connectivity index (χ4n) is 2.57. The number of nitrogens with zero attached hydrogens (tertiary/aromatic N) is 3. The highest BCUT2D eigenvalue weighted by Gasteiger charge is 2.15. The molecule has 0 saturated heterocycles. The minimum atomic E-state index is -0.964. The van der Waals surface area contributed by atoms with Crippen LogP contribution in [-0.4, -0.2) is 33.0 Å². The molecule has 0 unspecified atom stereocenters. The van der Waals surface area contributed by atoms with Crippen molar-refractivity contribution in [1.29, 1.82) is 0 Å². The number of ether oxygens (including phenoxy) is 1. The third kappa shape index (κ3) is 2.99. The molecule has 0 radical (unpaired) electrons. The number of benzene rings is 1. The number of aromatic nitrogens is 3. The Bertz CT molecular complexity index is 887. The fourth-order valence-corrected chi connectivity index (χ4v) is 2.57. The van der Waals surface area contributed by atoms with Crippen molar-refractivity contribution < 1.29 is 14.6 Å². The third-order valence-electron chi connectivity index (χ3n) is 3.82. The number of para-hydroxylation sites is 2. The summed E-state index contributed by atoms with van der Waals surface area (Å²) in [6.45, 7) is 1.95. The molecule has 6 heteroatoms. The van der Waals surface area contributed by atoms with Gasteiger partial charge in [0.2, 0.25) is 0 Å². The lowest BCUT2D eigenvalue weighted by Gasteiger charge is -2.07. The minimum Gasteiger partial charge on any atom is -0.494 e. The molecule has 2 aromatic heterocycles. The molecule has 1 aromatic carbocycles. The van der Waals surface area contributed by atoms with Crippen molar-refractivity contribution in [2.45, 2.75) is 13.3 Å². The Morgan fingerprint density at radius 2 is 2.08 bits per heavy atom. The molecule has 0 amide bonds. The first-order valence-corrected chi connectivity index (χ1v) is 7.45. The first kappa shape index (κ1) is 15.7. The molecule has 0 aliphatic carbocycles. The maximum Gasteiger partial charge on any atom is 0.336 e. The highest BCUT2D eigenvalue weighted by Crippen LogP contribution is 2.23. The number of aromatic carboxylic acids is 1. The Morgan fingerprint density at radius 1 is 1.29 bits per heavy atom. The van der Waals surface area contributed by atoms with Gasteiger partial charge in [-0.25, -0.2) is 9.48 Å². The quantitative estimate of drug-likeness (QED) is 0.781. The average Bonchev–Trinajstić information content (AvgIpc) is 2.95. The van der Waals surface area contributed by atoms with Gasteiger partial charge in [-0.3, -0.25) is 4.98 Å². The van der Waals surface area contributed by atoms with Crippen LogP contribution in [0, 0.1) is 6.92 Å². The van der Waals surface area contributed by atoms with Crippen molar-refractivity contribution in [3.63, 3.8) is 0 Å². The van der Waals surface area contributed by atoms with Gasteiger partial charge in [-0.2, -0.15) is 5.10 Å². The van der Waals surface area contributed by atoms with Crippen LogP contribution in [0.1, 0.15) is 27.2 Å². The molecule has 0 aliphatic rings. The predicted octanol–water partition coefficient (Wildman–Crippen LogP) is 2.87. The van der Waals surface area contributed by atoms with E-state index in [0.717, 1.165) is 22.7 Å². The van der Waals surface area contributed by atoms with Crippen molar-refractivity contribution in [2.24, 2.45) is 0 Å². The van der Waals surface area contributed by atoms with Crippen molar-refractivity contribution in [1.82, 2.24) is 14.8 Å². The maximum atomic E-state index is 11.3. The van der Waals surface area contributed by atoms with Crippen LogP contribution >= 0.6 is 0 Å². The number of pyridine rings is 1. The summed E-state index contributed by atoms with van der Waals surface area (Å²) in [6, 6.07) is 9.11. The summed E-state index contributed by atoms with van der Waals surface area (Å²) in [6.07, 6.45) is 5.37. The predicted molar refractivity (Wildman–Crippen MR) is 88.9 cm³/mol. The van der Waals surface area contributed by atoms with E-state index in [1.165, 1.54) is 12.3 Å². The van der Waals surface area contributed by atoms with Crippen LogP contribution in [0.3, 0.4) is 0 Å². The Morgan fingerprint density at radius 3 is 2.83 bits per heavy atom. The number of aryl methyl sites for hydroxylation is 1. The molecule has 0 aliphatic heterocycles. The van der Waals surface area contributed by atoms with Gasteiger partial charge in [0.15, 0.2) is 0 Å². The summed E-state index contributed by atoms with van der Waals surface area (Å²) in [4.78, 5) is 15.4. The number of carboxylic acids is 1. The largest absolute Gasteiger partial charge is 0.494 e. The van der Waals surface area contributed by atoms with Crippen LogP contribution in [0.4, 0.5) is 0 Å². The zero-order valence-electron chi connectivity index (χ0n) is 13.4. The first-order chi connectivity index (χ1) is 11.6. The number of carbonyl (C=O) groups is 1. The summed E-state index contributed by atoms with van der Waals surface area (Å²) in [5, 5.41) is 13.9. The molecule has 1 N–H and O–H groups in total. The summed E-state index contributed by atoms with van der Waals surface area (Å²) in [5.74, 6) is -0.242. The lowest BCUT2D eigenvalue weighted by molar-refractivity contribution is 0.0695. The Balaban J connectivity index is 1.97. The summed E-state index contributed by atoms with van der Waals surface area (Å²) >= 11 is 0. The molecule has 2 heterocycles. The minimum absolute atomic E-state index is 0.247. The molecule has 122 valence electrons. The van der Waals surface area contributed by atoms with Gasteiger partial charge in [0.1, 0.15) is 11.4 Å². The second kappa shape index (κ2) is 6.54. The third-order valence-corrected chi connectivity index (χ3v) is 3.82. The second-order valence-corrected chi connectivity index (χ2v) is 5.39. The Kier molecular flexibility index (Phi) is 4.29. The molecular weight excluding hydrogens is 306 g/mol. The van der Waals surface area contributed by atoms with Gasteiger partial charge in [0, 0.05) is 25.0 Å². The van der Waals surface area contributed by atoms with Gasteiger partial charge >= 0.3 is 5.97 Å².